The predicted octanol–water partition coefficient (Wildman–Crippen LogP) is 0.403. The van der Waals surface area contributed by atoms with Gasteiger partial charge in [-0.05, 0) is 18.4 Å². The summed E-state index contributed by atoms with van der Waals surface area (Å²) < 4.78 is 4.72. The van der Waals surface area contributed by atoms with E-state index in [0.717, 1.165) is 0 Å². The van der Waals surface area contributed by atoms with Crippen LogP contribution in [0.1, 0.15) is 29.9 Å². The summed E-state index contributed by atoms with van der Waals surface area (Å²) in [5, 5.41) is 11.3. The molecule has 1 amide bonds. The molecule has 0 aliphatic heterocycles. The SMILES string of the molecule is COC(CNC(=O)c1cc(CC(C)C)[nH]c(=O)c1)C(=O)O. The molecule has 0 saturated carbocycles. The highest BCUT2D eigenvalue weighted by molar-refractivity contribution is 5.94. The Kier molecular flexibility index (Phi) is 6.10. The van der Waals surface area contributed by atoms with E-state index in [0.29, 0.717) is 18.0 Å². The normalized spacial score (nSPS) is 12.2. The number of carboxylic acids is 1. The van der Waals surface area contributed by atoms with Crippen LogP contribution >= 0.6 is 0 Å². The molecule has 1 heterocycles. The Labute approximate surface area is 122 Å². The van der Waals surface area contributed by atoms with Gasteiger partial charge in [0.25, 0.3) is 5.91 Å². The van der Waals surface area contributed by atoms with Crippen LogP contribution < -0.4 is 10.9 Å². The first-order valence-corrected chi connectivity index (χ1v) is 6.60. The van der Waals surface area contributed by atoms with E-state index in [1.165, 1.54) is 13.2 Å². The molecule has 1 unspecified atom stereocenters. The molecule has 0 saturated heterocycles. The van der Waals surface area contributed by atoms with Crippen molar-refractivity contribution in [1.29, 1.82) is 0 Å². The van der Waals surface area contributed by atoms with E-state index in [2.05, 4.69) is 10.3 Å². The number of methoxy groups -OCH3 is 1. The van der Waals surface area contributed by atoms with E-state index in [4.69, 9.17) is 9.84 Å². The number of hydrogen-bond donors (Lipinski definition) is 3. The number of nitrogens with one attached hydrogen (secondary N) is 2. The summed E-state index contributed by atoms with van der Waals surface area (Å²) in [7, 11) is 1.25. The highest BCUT2D eigenvalue weighted by Crippen LogP contribution is 2.06. The Hall–Kier alpha value is -2.15. The number of aliphatic carboxylic acids is 1. The fraction of sp³-hybridized carbons (Fsp3) is 0.500. The first-order chi connectivity index (χ1) is 9.83. The van der Waals surface area contributed by atoms with Gasteiger partial charge in [0.05, 0.1) is 6.54 Å². The quantitative estimate of drug-likeness (QED) is 0.675. The van der Waals surface area contributed by atoms with Crippen LogP contribution in [0.15, 0.2) is 16.9 Å². The summed E-state index contributed by atoms with van der Waals surface area (Å²) >= 11 is 0. The number of H-pyrrole nitrogens is 1. The first kappa shape index (κ1) is 16.9. The average molecular weight is 296 g/mol. The summed E-state index contributed by atoms with van der Waals surface area (Å²) in [5.41, 5.74) is 0.513. The molecule has 0 aliphatic rings. The van der Waals surface area contributed by atoms with Crippen LogP contribution in [0.5, 0.6) is 0 Å². The lowest BCUT2D eigenvalue weighted by molar-refractivity contribution is -0.148. The van der Waals surface area contributed by atoms with E-state index in [9.17, 15) is 14.4 Å². The average Bonchev–Trinajstić information content (AvgIpc) is 2.37. The van der Waals surface area contributed by atoms with Gasteiger partial charge < -0.3 is 20.1 Å². The second-order valence-electron chi connectivity index (χ2n) is 5.13. The molecular formula is C14H20N2O5. The highest BCUT2D eigenvalue weighted by Gasteiger charge is 2.18. The third-order valence-corrected chi connectivity index (χ3v) is 2.80. The smallest absolute Gasteiger partial charge is 0.334 e. The lowest BCUT2D eigenvalue weighted by Crippen LogP contribution is -2.38. The van der Waals surface area contributed by atoms with Crippen LogP contribution in [0.4, 0.5) is 0 Å². The second-order valence-corrected chi connectivity index (χ2v) is 5.13. The van der Waals surface area contributed by atoms with E-state index < -0.39 is 18.0 Å². The Morgan fingerprint density at radius 3 is 2.57 bits per heavy atom. The molecule has 0 spiro atoms. The maximum atomic E-state index is 12.0. The van der Waals surface area contributed by atoms with E-state index in [1.54, 1.807) is 6.07 Å². The molecule has 116 valence electrons. The van der Waals surface area contributed by atoms with Crippen molar-refractivity contribution in [2.24, 2.45) is 5.92 Å². The number of ether oxygens (including phenoxy) is 1. The second kappa shape index (κ2) is 7.58. The molecule has 21 heavy (non-hydrogen) atoms. The minimum atomic E-state index is -1.16. The monoisotopic (exact) mass is 296 g/mol. The van der Waals surface area contributed by atoms with Crippen molar-refractivity contribution in [2.75, 3.05) is 13.7 Å². The molecule has 0 radical (unpaired) electrons. The van der Waals surface area contributed by atoms with E-state index in [-0.39, 0.29) is 17.7 Å². The van der Waals surface area contributed by atoms with Gasteiger partial charge in [0.15, 0.2) is 6.10 Å². The zero-order chi connectivity index (χ0) is 16.0. The molecule has 1 rings (SSSR count). The molecule has 0 aliphatic carbocycles. The molecule has 3 N–H and O–H groups in total. The standard InChI is InChI=1S/C14H20N2O5/c1-8(2)4-10-5-9(6-12(17)16-10)13(18)15-7-11(21-3)14(19)20/h5-6,8,11H,4,7H2,1-3H3,(H,15,18)(H,16,17)(H,19,20). The van der Waals surface area contributed by atoms with Crippen molar-refractivity contribution in [1.82, 2.24) is 10.3 Å². The Balaban J connectivity index is 2.80. The van der Waals surface area contributed by atoms with E-state index in [1.807, 2.05) is 13.8 Å². The number of carbonyl (C=O) groups excluding carboxylic acids is 1. The molecule has 7 heteroatoms. The van der Waals surface area contributed by atoms with Crippen LogP contribution in [0.2, 0.25) is 0 Å². The summed E-state index contributed by atoms with van der Waals surface area (Å²) in [4.78, 5) is 37.0. The number of amides is 1. The van der Waals surface area contributed by atoms with Crippen molar-refractivity contribution >= 4 is 11.9 Å². The van der Waals surface area contributed by atoms with Crippen LogP contribution in [0, 0.1) is 5.92 Å². The molecule has 1 aromatic rings. The number of carbonyl (C=O) groups is 2. The Morgan fingerprint density at radius 2 is 2.05 bits per heavy atom. The topological polar surface area (TPSA) is 108 Å². The number of rotatable bonds is 7. The molecule has 7 nitrogen and oxygen atoms in total. The molecule has 1 aromatic heterocycles. The molecule has 0 fully saturated rings. The minimum absolute atomic E-state index is 0.170. The number of pyridine rings is 1. The van der Waals surface area contributed by atoms with Gasteiger partial charge in [-0.1, -0.05) is 13.8 Å². The van der Waals surface area contributed by atoms with Crippen LogP contribution in [0.3, 0.4) is 0 Å². The molecular weight excluding hydrogens is 276 g/mol. The summed E-state index contributed by atoms with van der Waals surface area (Å²) in [6, 6.07) is 2.78. The molecule has 1 atom stereocenters. The van der Waals surface area contributed by atoms with Crippen LogP contribution in [0.25, 0.3) is 0 Å². The fourth-order valence-electron chi connectivity index (χ4n) is 1.84. The summed E-state index contributed by atoms with van der Waals surface area (Å²) in [6.45, 7) is 3.83. The maximum absolute atomic E-state index is 12.0. The predicted molar refractivity (Wildman–Crippen MR) is 76.4 cm³/mol. The van der Waals surface area contributed by atoms with Crippen molar-refractivity contribution in [3.8, 4) is 0 Å². The largest absolute Gasteiger partial charge is 0.479 e. The van der Waals surface area contributed by atoms with Gasteiger partial charge >= 0.3 is 5.97 Å². The number of aromatic nitrogens is 1. The summed E-state index contributed by atoms with van der Waals surface area (Å²) in [6.07, 6.45) is -0.474. The maximum Gasteiger partial charge on any atom is 0.334 e. The first-order valence-electron chi connectivity index (χ1n) is 6.60. The van der Waals surface area contributed by atoms with Crippen LogP contribution in [-0.2, 0) is 16.0 Å². The number of carboxylic acid groups (broad SMARTS) is 1. The van der Waals surface area contributed by atoms with Gasteiger partial charge in [-0.25, -0.2) is 4.79 Å². The highest BCUT2D eigenvalue weighted by atomic mass is 16.5. The Bertz CT molecular complexity index is 565. The third kappa shape index (κ3) is 5.39. The zero-order valence-corrected chi connectivity index (χ0v) is 12.3. The fourth-order valence-corrected chi connectivity index (χ4v) is 1.84. The van der Waals surface area contributed by atoms with E-state index >= 15 is 0 Å². The lowest BCUT2D eigenvalue weighted by atomic mass is 10.1. The van der Waals surface area contributed by atoms with Gasteiger partial charge in [0.2, 0.25) is 5.56 Å². The molecule has 0 aromatic carbocycles. The number of aromatic amines is 1. The van der Waals surface area contributed by atoms with Crippen molar-refractivity contribution in [2.45, 2.75) is 26.4 Å². The van der Waals surface area contributed by atoms with Gasteiger partial charge in [-0.3, -0.25) is 9.59 Å². The van der Waals surface area contributed by atoms with Crippen LogP contribution in [-0.4, -0.2) is 41.7 Å². The Morgan fingerprint density at radius 1 is 1.38 bits per heavy atom. The van der Waals surface area contributed by atoms with Crippen molar-refractivity contribution in [3.63, 3.8) is 0 Å². The summed E-state index contributed by atoms with van der Waals surface area (Å²) in [5.74, 6) is -1.33. The zero-order valence-electron chi connectivity index (χ0n) is 12.3. The van der Waals surface area contributed by atoms with Gasteiger partial charge in [-0.15, -0.1) is 0 Å². The van der Waals surface area contributed by atoms with Gasteiger partial charge in [0.1, 0.15) is 0 Å². The number of hydrogen-bond acceptors (Lipinski definition) is 4. The third-order valence-electron chi connectivity index (χ3n) is 2.80. The van der Waals surface area contributed by atoms with Crippen molar-refractivity contribution in [3.05, 3.63) is 33.7 Å². The minimum Gasteiger partial charge on any atom is -0.479 e. The molecule has 0 bridgehead atoms. The van der Waals surface area contributed by atoms with Gasteiger partial charge in [0, 0.05) is 24.4 Å². The van der Waals surface area contributed by atoms with Crippen molar-refractivity contribution < 1.29 is 19.4 Å². The van der Waals surface area contributed by atoms with Gasteiger partial charge in [-0.2, -0.15) is 0 Å². The lowest BCUT2D eigenvalue weighted by Gasteiger charge is -2.12.